The first-order chi connectivity index (χ1) is 6.81. The van der Waals surface area contributed by atoms with Gasteiger partial charge < -0.3 is 10.5 Å². The van der Waals surface area contributed by atoms with Crippen LogP contribution in [0.15, 0.2) is 0 Å². The normalized spacial score (nSPS) is 39.5. The maximum Gasteiger partial charge on any atom is 0.326 e. The van der Waals surface area contributed by atoms with Gasteiger partial charge in [0.15, 0.2) is 0 Å². The number of nitrogens with two attached hydrogens (primary N) is 1. The minimum atomic E-state index is -0.684. The van der Waals surface area contributed by atoms with Crippen molar-refractivity contribution in [3.8, 4) is 0 Å². The van der Waals surface area contributed by atoms with Gasteiger partial charge in [-0.2, -0.15) is 0 Å². The Labute approximate surface area is 91.4 Å². The lowest BCUT2D eigenvalue weighted by Crippen LogP contribution is -2.54. The van der Waals surface area contributed by atoms with Crippen molar-refractivity contribution in [2.24, 2.45) is 17.6 Å². The molecule has 86 valence electrons. The summed E-state index contributed by atoms with van der Waals surface area (Å²) >= 11 is 0. The van der Waals surface area contributed by atoms with Crippen LogP contribution in [-0.2, 0) is 9.53 Å². The second-order valence-electron chi connectivity index (χ2n) is 6.12. The highest BCUT2D eigenvalue weighted by Gasteiger charge is 2.54. The summed E-state index contributed by atoms with van der Waals surface area (Å²) in [4.78, 5) is 12.0. The van der Waals surface area contributed by atoms with Gasteiger partial charge in [0.2, 0.25) is 0 Å². The number of hydrogen-bond donors (Lipinski definition) is 1. The van der Waals surface area contributed by atoms with Crippen molar-refractivity contribution in [2.75, 3.05) is 0 Å². The van der Waals surface area contributed by atoms with Gasteiger partial charge in [-0.05, 0) is 51.9 Å². The van der Waals surface area contributed by atoms with Crippen molar-refractivity contribution < 1.29 is 9.53 Å². The minimum Gasteiger partial charge on any atom is -0.459 e. The molecule has 2 fully saturated rings. The smallest absolute Gasteiger partial charge is 0.326 e. The van der Waals surface area contributed by atoms with Gasteiger partial charge in [0, 0.05) is 0 Å². The van der Waals surface area contributed by atoms with Crippen LogP contribution in [0.1, 0.15) is 46.5 Å². The molecule has 2 rings (SSSR count). The Balaban J connectivity index is 2.07. The van der Waals surface area contributed by atoms with E-state index in [-0.39, 0.29) is 5.97 Å². The Bertz CT molecular complexity index is 282. The average Bonchev–Trinajstić information content (AvgIpc) is 2.60. The largest absolute Gasteiger partial charge is 0.459 e. The topological polar surface area (TPSA) is 52.3 Å². The van der Waals surface area contributed by atoms with E-state index in [1.54, 1.807) is 0 Å². The molecular weight excluding hydrogens is 190 g/mol. The van der Waals surface area contributed by atoms with Crippen LogP contribution in [0.25, 0.3) is 0 Å². The van der Waals surface area contributed by atoms with Gasteiger partial charge in [0.1, 0.15) is 11.1 Å². The fourth-order valence-corrected chi connectivity index (χ4v) is 3.00. The van der Waals surface area contributed by atoms with Crippen LogP contribution >= 0.6 is 0 Å². The van der Waals surface area contributed by atoms with E-state index in [2.05, 4.69) is 0 Å². The monoisotopic (exact) mass is 211 g/mol. The van der Waals surface area contributed by atoms with E-state index in [0.717, 1.165) is 19.3 Å². The van der Waals surface area contributed by atoms with E-state index >= 15 is 0 Å². The Hall–Kier alpha value is -0.570. The maximum atomic E-state index is 12.0. The van der Waals surface area contributed by atoms with E-state index in [0.29, 0.717) is 11.8 Å². The Morgan fingerprint density at radius 3 is 2.47 bits per heavy atom. The molecule has 0 aromatic carbocycles. The Morgan fingerprint density at radius 2 is 2.07 bits per heavy atom. The van der Waals surface area contributed by atoms with Crippen molar-refractivity contribution >= 4 is 5.97 Å². The highest BCUT2D eigenvalue weighted by atomic mass is 16.6. The molecule has 0 aliphatic heterocycles. The molecule has 0 heterocycles. The van der Waals surface area contributed by atoms with Crippen LogP contribution in [0.5, 0.6) is 0 Å². The highest BCUT2D eigenvalue weighted by molar-refractivity contribution is 5.82. The van der Waals surface area contributed by atoms with Crippen LogP contribution in [0.2, 0.25) is 0 Å². The Kier molecular flexibility index (Phi) is 2.34. The lowest BCUT2D eigenvalue weighted by Gasteiger charge is -2.34. The number of carbonyl (C=O) groups is 1. The van der Waals surface area contributed by atoms with Crippen LogP contribution in [0.3, 0.4) is 0 Å². The first-order valence-corrected chi connectivity index (χ1v) is 5.83. The van der Waals surface area contributed by atoms with Gasteiger partial charge in [0.25, 0.3) is 0 Å². The van der Waals surface area contributed by atoms with Crippen molar-refractivity contribution in [2.45, 2.75) is 57.6 Å². The van der Waals surface area contributed by atoms with E-state index in [4.69, 9.17) is 10.5 Å². The van der Waals surface area contributed by atoms with Crippen LogP contribution in [0.4, 0.5) is 0 Å². The SMILES string of the molecule is CC(C)(C)OC(=O)[C@@]1(N)C[C@@H]2CC[C@H]1C2. The molecule has 0 radical (unpaired) electrons. The van der Waals surface area contributed by atoms with E-state index < -0.39 is 11.1 Å². The maximum absolute atomic E-state index is 12.0. The molecule has 3 heteroatoms. The van der Waals surface area contributed by atoms with E-state index in [1.165, 1.54) is 6.42 Å². The van der Waals surface area contributed by atoms with Gasteiger partial charge in [-0.25, -0.2) is 0 Å². The van der Waals surface area contributed by atoms with Gasteiger partial charge in [-0.15, -0.1) is 0 Å². The highest BCUT2D eigenvalue weighted by Crippen LogP contribution is 2.50. The molecular formula is C12H21NO2. The molecule has 2 saturated carbocycles. The summed E-state index contributed by atoms with van der Waals surface area (Å²) in [5.74, 6) is 0.826. The molecule has 0 aromatic rings. The minimum absolute atomic E-state index is 0.192. The zero-order chi connectivity index (χ0) is 11.3. The lowest BCUT2D eigenvalue weighted by molar-refractivity contribution is -0.163. The zero-order valence-corrected chi connectivity index (χ0v) is 9.88. The Morgan fingerprint density at radius 1 is 1.40 bits per heavy atom. The fraction of sp³-hybridized carbons (Fsp3) is 0.917. The molecule has 2 bridgehead atoms. The summed E-state index contributed by atoms with van der Waals surface area (Å²) in [5, 5.41) is 0. The van der Waals surface area contributed by atoms with Crippen LogP contribution in [-0.4, -0.2) is 17.1 Å². The molecule has 3 atom stereocenters. The quantitative estimate of drug-likeness (QED) is 0.673. The summed E-state index contributed by atoms with van der Waals surface area (Å²) in [6, 6.07) is 0. The molecule has 2 aliphatic carbocycles. The summed E-state index contributed by atoms with van der Waals surface area (Å²) in [6.07, 6.45) is 4.29. The second-order valence-corrected chi connectivity index (χ2v) is 6.12. The first-order valence-electron chi connectivity index (χ1n) is 5.83. The van der Waals surface area contributed by atoms with Gasteiger partial charge in [-0.3, -0.25) is 4.79 Å². The number of hydrogen-bond acceptors (Lipinski definition) is 3. The van der Waals surface area contributed by atoms with E-state index in [9.17, 15) is 4.79 Å². The van der Waals surface area contributed by atoms with Gasteiger partial charge >= 0.3 is 5.97 Å². The third kappa shape index (κ3) is 1.89. The fourth-order valence-electron chi connectivity index (χ4n) is 3.00. The predicted molar refractivity (Wildman–Crippen MR) is 58.2 cm³/mol. The van der Waals surface area contributed by atoms with Crippen LogP contribution < -0.4 is 5.73 Å². The average molecular weight is 211 g/mol. The molecule has 0 saturated heterocycles. The number of fused-ring (bicyclic) bond motifs is 2. The van der Waals surface area contributed by atoms with Gasteiger partial charge in [-0.1, -0.05) is 6.42 Å². The van der Waals surface area contributed by atoms with Crippen molar-refractivity contribution in [3.63, 3.8) is 0 Å². The standard InChI is InChI=1S/C12H21NO2/c1-11(2,3)15-10(14)12(13)7-8-4-5-9(12)6-8/h8-9H,4-7,13H2,1-3H3/t8-,9+,12-/m1/s1. The number of rotatable bonds is 1. The van der Waals surface area contributed by atoms with Crippen LogP contribution in [0, 0.1) is 11.8 Å². The second kappa shape index (κ2) is 3.21. The molecule has 3 nitrogen and oxygen atoms in total. The van der Waals surface area contributed by atoms with Crippen molar-refractivity contribution in [3.05, 3.63) is 0 Å². The van der Waals surface area contributed by atoms with Gasteiger partial charge in [0.05, 0.1) is 0 Å². The third-order valence-electron chi connectivity index (χ3n) is 3.68. The number of ether oxygens (including phenoxy) is 1. The van der Waals surface area contributed by atoms with E-state index in [1.807, 2.05) is 20.8 Å². The predicted octanol–water partition coefficient (Wildman–Crippen LogP) is 1.85. The van der Waals surface area contributed by atoms with Crippen molar-refractivity contribution in [1.82, 2.24) is 0 Å². The third-order valence-corrected chi connectivity index (χ3v) is 3.68. The lowest BCUT2D eigenvalue weighted by atomic mass is 9.82. The molecule has 0 amide bonds. The molecule has 0 spiro atoms. The zero-order valence-electron chi connectivity index (χ0n) is 9.88. The summed E-state index contributed by atoms with van der Waals surface area (Å²) in [6.45, 7) is 5.67. The first kappa shape index (κ1) is 10.9. The molecule has 2 aliphatic rings. The summed E-state index contributed by atoms with van der Waals surface area (Å²) in [7, 11) is 0. The molecule has 0 unspecified atom stereocenters. The molecule has 2 N–H and O–H groups in total. The van der Waals surface area contributed by atoms with Crippen molar-refractivity contribution in [1.29, 1.82) is 0 Å². The summed E-state index contributed by atoms with van der Waals surface area (Å²) < 4.78 is 5.41. The summed E-state index contributed by atoms with van der Waals surface area (Å²) in [5.41, 5.74) is 5.11. The number of esters is 1. The number of carbonyl (C=O) groups excluding carboxylic acids is 1. The molecule has 15 heavy (non-hydrogen) atoms. The molecule has 0 aromatic heterocycles.